The van der Waals surface area contributed by atoms with Crippen molar-refractivity contribution in [2.75, 3.05) is 24.3 Å². The van der Waals surface area contributed by atoms with Crippen molar-refractivity contribution in [3.8, 4) is 5.75 Å². The molecule has 0 unspecified atom stereocenters. The van der Waals surface area contributed by atoms with Crippen LogP contribution >= 0.6 is 0 Å². The van der Waals surface area contributed by atoms with Crippen molar-refractivity contribution in [1.29, 1.82) is 0 Å². The van der Waals surface area contributed by atoms with Gasteiger partial charge in [-0.3, -0.25) is 14.4 Å². The van der Waals surface area contributed by atoms with Gasteiger partial charge in [-0.25, -0.2) is 0 Å². The van der Waals surface area contributed by atoms with Crippen LogP contribution in [0.1, 0.15) is 5.56 Å². The molecule has 0 spiro atoms. The van der Waals surface area contributed by atoms with E-state index in [0.717, 1.165) is 12.1 Å². The number of methoxy groups -OCH3 is 1. The van der Waals surface area contributed by atoms with Crippen molar-refractivity contribution in [2.45, 2.75) is 6.18 Å². The first-order valence-electron chi connectivity index (χ1n) is 7.89. The quantitative estimate of drug-likeness (QED) is 0.678. The molecule has 2 aromatic carbocycles. The second-order valence-electron chi connectivity index (χ2n) is 5.49. The zero-order valence-electron chi connectivity index (χ0n) is 14.6. The smallest absolute Gasteiger partial charge is 0.416 e. The van der Waals surface area contributed by atoms with E-state index in [1.807, 2.05) is 5.32 Å². The summed E-state index contributed by atoms with van der Waals surface area (Å²) >= 11 is 0. The van der Waals surface area contributed by atoms with E-state index in [1.165, 1.54) is 13.2 Å². The maximum Gasteiger partial charge on any atom is 0.416 e. The van der Waals surface area contributed by atoms with Gasteiger partial charge in [-0.05, 0) is 42.5 Å². The first-order valence-corrected chi connectivity index (χ1v) is 7.89. The third-order valence-corrected chi connectivity index (χ3v) is 3.44. The fraction of sp³-hybridized carbons (Fsp3) is 0.167. The van der Waals surface area contributed by atoms with Crippen molar-refractivity contribution in [2.24, 2.45) is 0 Å². The van der Waals surface area contributed by atoms with E-state index >= 15 is 0 Å². The topological polar surface area (TPSA) is 96.5 Å². The van der Waals surface area contributed by atoms with Gasteiger partial charge >= 0.3 is 18.0 Å². The molecule has 0 atom stereocenters. The minimum absolute atomic E-state index is 0.197. The van der Waals surface area contributed by atoms with Gasteiger partial charge in [-0.15, -0.1) is 0 Å². The molecular formula is C18H16F3N3O4. The third kappa shape index (κ3) is 6.01. The largest absolute Gasteiger partial charge is 0.497 e. The molecular weight excluding hydrogens is 379 g/mol. The van der Waals surface area contributed by atoms with Crippen LogP contribution in [0.2, 0.25) is 0 Å². The monoisotopic (exact) mass is 395 g/mol. The molecule has 3 amide bonds. The highest BCUT2D eigenvalue weighted by Crippen LogP contribution is 2.30. The summed E-state index contributed by atoms with van der Waals surface area (Å²) in [7, 11) is 1.49. The van der Waals surface area contributed by atoms with Gasteiger partial charge in [-0.1, -0.05) is 6.07 Å². The number of benzene rings is 2. The van der Waals surface area contributed by atoms with Crippen molar-refractivity contribution in [3.63, 3.8) is 0 Å². The van der Waals surface area contributed by atoms with E-state index < -0.39 is 36.0 Å². The number of amides is 3. The minimum Gasteiger partial charge on any atom is -0.497 e. The molecule has 3 N–H and O–H groups in total. The van der Waals surface area contributed by atoms with Crippen LogP contribution in [0.15, 0.2) is 48.5 Å². The Morgan fingerprint density at radius 2 is 1.61 bits per heavy atom. The maximum atomic E-state index is 12.7. The second-order valence-corrected chi connectivity index (χ2v) is 5.49. The number of carbonyl (C=O) groups excluding carboxylic acids is 3. The molecule has 0 bridgehead atoms. The van der Waals surface area contributed by atoms with Crippen molar-refractivity contribution >= 4 is 29.1 Å². The van der Waals surface area contributed by atoms with Gasteiger partial charge in [0.15, 0.2) is 0 Å². The predicted molar refractivity (Wildman–Crippen MR) is 94.7 cm³/mol. The highest BCUT2D eigenvalue weighted by molar-refractivity contribution is 6.39. The Bertz CT molecular complexity index is 867. The molecule has 0 saturated heterocycles. The summed E-state index contributed by atoms with van der Waals surface area (Å²) in [5, 5.41) is 6.62. The molecule has 148 valence electrons. The molecule has 28 heavy (non-hydrogen) atoms. The van der Waals surface area contributed by atoms with Crippen LogP contribution in [-0.4, -0.2) is 31.4 Å². The van der Waals surface area contributed by atoms with Gasteiger partial charge in [0.1, 0.15) is 5.75 Å². The summed E-state index contributed by atoms with van der Waals surface area (Å²) in [6.07, 6.45) is -4.58. The molecule has 2 aromatic rings. The SMILES string of the molecule is COc1ccc(NC(=O)CNC(=O)C(=O)Nc2cccc(C(F)(F)F)c2)cc1. The maximum absolute atomic E-state index is 12.7. The summed E-state index contributed by atoms with van der Waals surface area (Å²) in [5.41, 5.74) is -0.712. The summed E-state index contributed by atoms with van der Waals surface area (Å²) in [6, 6.07) is 10.2. The Kier molecular flexibility index (Phi) is 6.59. The highest BCUT2D eigenvalue weighted by Gasteiger charge is 2.30. The fourth-order valence-corrected chi connectivity index (χ4v) is 2.08. The fourth-order valence-electron chi connectivity index (χ4n) is 2.08. The third-order valence-electron chi connectivity index (χ3n) is 3.44. The van der Waals surface area contributed by atoms with Crippen LogP contribution in [0.5, 0.6) is 5.75 Å². The number of ether oxygens (including phenoxy) is 1. The molecule has 0 saturated carbocycles. The summed E-state index contributed by atoms with van der Waals surface area (Å²) < 4.78 is 42.9. The Morgan fingerprint density at radius 3 is 2.21 bits per heavy atom. The summed E-state index contributed by atoms with van der Waals surface area (Å²) in [6.45, 7) is -0.499. The number of rotatable bonds is 5. The first kappa shape index (κ1) is 20.7. The van der Waals surface area contributed by atoms with E-state index in [2.05, 4.69) is 10.6 Å². The van der Waals surface area contributed by atoms with Crippen LogP contribution in [0.3, 0.4) is 0 Å². The van der Waals surface area contributed by atoms with Gasteiger partial charge in [0.05, 0.1) is 19.2 Å². The molecule has 0 aliphatic heterocycles. The molecule has 0 aromatic heterocycles. The van der Waals surface area contributed by atoms with E-state index in [-0.39, 0.29) is 5.69 Å². The van der Waals surface area contributed by atoms with E-state index in [9.17, 15) is 27.6 Å². The normalized spacial score (nSPS) is 10.7. The van der Waals surface area contributed by atoms with Gasteiger partial charge in [0.2, 0.25) is 5.91 Å². The number of alkyl halides is 3. The standard InChI is InChI=1S/C18H16F3N3O4/c1-28-14-7-5-12(6-8-14)23-15(25)10-22-16(26)17(27)24-13-4-2-3-11(9-13)18(19,20)21/h2-9H,10H2,1H3,(H,22,26)(H,23,25)(H,24,27). The molecule has 0 aliphatic rings. The van der Waals surface area contributed by atoms with Gasteiger partial charge < -0.3 is 20.7 Å². The number of hydrogen-bond donors (Lipinski definition) is 3. The van der Waals surface area contributed by atoms with Crippen LogP contribution in [0, 0.1) is 0 Å². The van der Waals surface area contributed by atoms with Crippen LogP contribution in [0.25, 0.3) is 0 Å². The van der Waals surface area contributed by atoms with Crippen molar-refractivity contribution < 1.29 is 32.3 Å². The number of halogens is 3. The lowest BCUT2D eigenvalue weighted by Crippen LogP contribution is -2.39. The van der Waals surface area contributed by atoms with Gasteiger partial charge in [0, 0.05) is 11.4 Å². The zero-order chi connectivity index (χ0) is 20.7. The molecule has 0 heterocycles. The van der Waals surface area contributed by atoms with Crippen molar-refractivity contribution in [1.82, 2.24) is 5.32 Å². The van der Waals surface area contributed by atoms with Gasteiger partial charge in [0.25, 0.3) is 0 Å². The zero-order valence-corrected chi connectivity index (χ0v) is 14.6. The molecule has 10 heteroatoms. The van der Waals surface area contributed by atoms with Crippen LogP contribution in [0.4, 0.5) is 24.5 Å². The molecule has 0 radical (unpaired) electrons. The highest BCUT2D eigenvalue weighted by atomic mass is 19.4. The van der Waals surface area contributed by atoms with E-state index in [4.69, 9.17) is 4.74 Å². The Balaban J connectivity index is 1.85. The number of carbonyl (C=O) groups is 3. The lowest BCUT2D eigenvalue weighted by atomic mass is 10.2. The van der Waals surface area contributed by atoms with Crippen LogP contribution < -0.4 is 20.7 Å². The first-order chi connectivity index (χ1) is 13.2. The average molecular weight is 395 g/mol. The number of hydrogen-bond acceptors (Lipinski definition) is 4. The lowest BCUT2D eigenvalue weighted by Gasteiger charge is -2.10. The van der Waals surface area contributed by atoms with Crippen LogP contribution in [-0.2, 0) is 20.6 Å². The molecule has 7 nitrogen and oxygen atoms in total. The van der Waals surface area contributed by atoms with Crippen molar-refractivity contribution in [3.05, 3.63) is 54.1 Å². The lowest BCUT2D eigenvalue weighted by molar-refractivity contribution is -0.137. The number of anilines is 2. The summed E-state index contributed by atoms with van der Waals surface area (Å²) in [4.78, 5) is 35.3. The van der Waals surface area contributed by atoms with Gasteiger partial charge in [-0.2, -0.15) is 13.2 Å². The Morgan fingerprint density at radius 1 is 0.929 bits per heavy atom. The Labute approximate surface area is 157 Å². The van der Waals surface area contributed by atoms with E-state index in [0.29, 0.717) is 17.5 Å². The second kappa shape index (κ2) is 8.89. The average Bonchev–Trinajstić information content (AvgIpc) is 2.66. The predicted octanol–water partition coefficient (Wildman–Crippen LogP) is 2.41. The minimum atomic E-state index is -4.58. The molecule has 0 aliphatic carbocycles. The summed E-state index contributed by atoms with van der Waals surface area (Å²) in [5.74, 6) is -2.36. The Hall–Kier alpha value is -3.56. The molecule has 2 rings (SSSR count). The number of nitrogens with one attached hydrogen (secondary N) is 3. The van der Waals surface area contributed by atoms with E-state index in [1.54, 1.807) is 24.3 Å². The molecule has 0 fully saturated rings.